The molecule has 0 heterocycles. The van der Waals surface area contributed by atoms with E-state index in [1.165, 1.54) is 60.7 Å². The molecule has 0 aliphatic heterocycles. The molecule has 0 aliphatic rings. The number of nitro benzene ring substituents is 1. The van der Waals surface area contributed by atoms with Gasteiger partial charge in [0, 0.05) is 16.7 Å². The first-order valence-corrected chi connectivity index (χ1v) is 8.98. The van der Waals surface area contributed by atoms with E-state index in [4.69, 9.17) is 27.9 Å². The van der Waals surface area contributed by atoms with E-state index in [9.17, 15) is 19.3 Å². The van der Waals surface area contributed by atoms with Gasteiger partial charge in [-0.2, -0.15) is 0 Å². The van der Waals surface area contributed by atoms with E-state index in [1.54, 1.807) is 12.1 Å². The molecule has 146 valence electrons. The van der Waals surface area contributed by atoms with Crippen LogP contribution in [0, 0.1) is 15.9 Å². The number of allylic oxidation sites excluding steroid dienone is 1. The molecule has 0 saturated carbocycles. The highest BCUT2D eigenvalue weighted by Gasteiger charge is 2.16. The number of hydrogen-bond acceptors (Lipinski definition) is 4. The fourth-order valence-electron chi connectivity index (χ4n) is 2.45. The Kier molecular flexibility index (Phi) is 6.26. The van der Waals surface area contributed by atoms with E-state index in [0.717, 1.165) is 0 Å². The molecule has 0 N–H and O–H groups in total. The van der Waals surface area contributed by atoms with Gasteiger partial charge in [0.2, 0.25) is 5.75 Å². The zero-order valence-electron chi connectivity index (χ0n) is 14.6. The van der Waals surface area contributed by atoms with Crippen LogP contribution in [0.25, 0.3) is 6.08 Å². The highest BCUT2D eigenvalue weighted by molar-refractivity contribution is 6.37. The highest BCUT2D eigenvalue weighted by Crippen LogP contribution is 2.32. The fourth-order valence-corrected chi connectivity index (χ4v) is 2.95. The molecule has 0 atom stereocenters. The standard InChI is InChI=1S/C21H12Cl2FNO4/c22-14-3-8-17(18(23)12-14)20(26)9-1-13-2-10-21(19(11-13)25(27)28)29-16-6-4-15(24)5-7-16/h1-12H. The molecule has 0 aromatic heterocycles. The molecule has 0 spiro atoms. The number of benzene rings is 3. The summed E-state index contributed by atoms with van der Waals surface area (Å²) < 4.78 is 18.5. The summed E-state index contributed by atoms with van der Waals surface area (Å²) in [5.41, 5.74) is 0.383. The predicted octanol–water partition coefficient (Wildman–Crippen LogP) is 6.73. The quantitative estimate of drug-likeness (QED) is 0.187. The van der Waals surface area contributed by atoms with Crippen LogP contribution in [0.15, 0.2) is 66.7 Å². The summed E-state index contributed by atoms with van der Waals surface area (Å²) in [5.74, 6) is -0.574. The van der Waals surface area contributed by atoms with Gasteiger partial charge < -0.3 is 4.74 Å². The number of halogens is 3. The number of ether oxygens (including phenoxy) is 1. The van der Waals surface area contributed by atoms with Crippen molar-refractivity contribution < 1.29 is 18.8 Å². The Morgan fingerprint density at radius 1 is 1.03 bits per heavy atom. The second kappa shape index (κ2) is 8.86. The van der Waals surface area contributed by atoms with Gasteiger partial charge in [-0.05, 0) is 60.2 Å². The van der Waals surface area contributed by atoms with Crippen LogP contribution in [0.4, 0.5) is 10.1 Å². The van der Waals surface area contributed by atoms with Crippen LogP contribution < -0.4 is 4.74 Å². The van der Waals surface area contributed by atoms with Crippen molar-refractivity contribution in [3.05, 3.63) is 104 Å². The minimum atomic E-state index is -0.603. The van der Waals surface area contributed by atoms with Crippen LogP contribution in [0.2, 0.25) is 10.0 Å². The maximum absolute atomic E-state index is 13.0. The number of rotatable bonds is 6. The van der Waals surface area contributed by atoms with Crippen LogP contribution in [0.1, 0.15) is 15.9 Å². The molecule has 0 unspecified atom stereocenters. The molecular weight excluding hydrogens is 420 g/mol. The van der Waals surface area contributed by atoms with Gasteiger partial charge in [0.15, 0.2) is 5.78 Å². The molecular formula is C21H12Cl2FNO4. The molecule has 0 amide bonds. The number of carbonyl (C=O) groups excluding carboxylic acids is 1. The van der Waals surface area contributed by atoms with Crippen LogP contribution in [0.3, 0.4) is 0 Å². The van der Waals surface area contributed by atoms with Crippen molar-refractivity contribution >= 4 is 40.7 Å². The van der Waals surface area contributed by atoms with Crippen LogP contribution in [-0.4, -0.2) is 10.7 Å². The molecule has 5 nitrogen and oxygen atoms in total. The SMILES string of the molecule is O=C(C=Cc1ccc(Oc2ccc(F)cc2)c([N+](=O)[O-])c1)c1ccc(Cl)cc1Cl. The fraction of sp³-hybridized carbons (Fsp3) is 0. The minimum Gasteiger partial charge on any atom is -0.450 e. The smallest absolute Gasteiger partial charge is 0.312 e. The third-order valence-electron chi connectivity index (χ3n) is 3.84. The van der Waals surface area contributed by atoms with Gasteiger partial charge in [0.25, 0.3) is 0 Å². The number of ketones is 1. The van der Waals surface area contributed by atoms with Crippen molar-refractivity contribution in [1.29, 1.82) is 0 Å². The zero-order chi connectivity index (χ0) is 21.0. The van der Waals surface area contributed by atoms with Crippen LogP contribution >= 0.6 is 23.2 Å². The Morgan fingerprint density at radius 2 is 1.76 bits per heavy atom. The molecule has 3 aromatic rings. The Hall–Kier alpha value is -3.22. The average Bonchev–Trinajstić information content (AvgIpc) is 2.68. The molecule has 0 saturated heterocycles. The van der Waals surface area contributed by atoms with Crippen molar-refractivity contribution in [3.8, 4) is 11.5 Å². The first-order valence-electron chi connectivity index (χ1n) is 8.23. The number of nitrogens with zero attached hydrogens (tertiary/aromatic N) is 1. The topological polar surface area (TPSA) is 69.4 Å². The number of nitro groups is 1. The van der Waals surface area contributed by atoms with Crippen molar-refractivity contribution in [2.75, 3.05) is 0 Å². The first kappa shape index (κ1) is 20.5. The third-order valence-corrected chi connectivity index (χ3v) is 4.39. The van der Waals surface area contributed by atoms with Gasteiger partial charge in [-0.1, -0.05) is 35.3 Å². The van der Waals surface area contributed by atoms with Crippen molar-refractivity contribution in [2.24, 2.45) is 0 Å². The summed E-state index contributed by atoms with van der Waals surface area (Å²) in [6, 6.07) is 13.8. The molecule has 3 rings (SSSR count). The first-order chi connectivity index (χ1) is 13.8. The summed E-state index contributed by atoms with van der Waals surface area (Å²) in [5, 5.41) is 12.0. The van der Waals surface area contributed by atoms with E-state index < -0.39 is 10.7 Å². The second-order valence-corrected chi connectivity index (χ2v) is 6.71. The Balaban J connectivity index is 1.84. The average molecular weight is 432 g/mol. The van der Waals surface area contributed by atoms with Gasteiger partial charge in [0.05, 0.1) is 9.95 Å². The van der Waals surface area contributed by atoms with E-state index in [1.807, 2.05) is 0 Å². The number of hydrogen-bond donors (Lipinski definition) is 0. The maximum atomic E-state index is 13.0. The van der Waals surface area contributed by atoms with Crippen LogP contribution in [-0.2, 0) is 0 Å². The summed E-state index contributed by atoms with van der Waals surface area (Å²) in [6.07, 6.45) is 2.69. The molecule has 3 aromatic carbocycles. The van der Waals surface area contributed by atoms with E-state index in [-0.39, 0.29) is 33.6 Å². The molecule has 8 heteroatoms. The molecule has 0 bridgehead atoms. The van der Waals surface area contributed by atoms with Gasteiger partial charge in [-0.3, -0.25) is 14.9 Å². The second-order valence-electron chi connectivity index (χ2n) is 5.86. The Bertz CT molecular complexity index is 1110. The summed E-state index contributed by atoms with van der Waals surface area (Å²) in [4.78, 5) is 23.1. The summed E-state index contributed by atoms with van der Waals surface area (Å²) in [6.45, 7) is 0. The highest BCUT2D eigenvalue weighted by atomic mass is 35.5. The lowest BCUT2D eigenvalue weighted by molar-refractivity contribution is -0.385. The lowest BCUT2D eigenvalue weighted by Crippen LogP contribution is -1.96. The zero-order valence-corrected chi connectivity index (χ0v) is 16.2. The Labute approximate surface area is 175 Å². The molecule has 29 heavy (non-hydrogen) atoms. The van der Waals surface area contributed by atoms with E-state index in [2.05, 4.69) is 0 Å². The Morgan fingerprint density at radius 3 is 2.41 bits per heavy atom. The van der Waals surface area contributed by atoms with Gasteiger partial charge in [0.1, 0.15) is 11.6 Å². The maximum Gasteiger partial charge on any atom is 0.312 e. The van der Waals surface area contributed by atoms with Crippen LogP contribution in [0.5, 0.6) is 11.5 Å². The van der Waals surface area contributed by atoms with Crippen molar-refractivity contribution in [3.63, 3.8) is 0 Å². The van der Waals surface area contributed by atoms with Crippen molar-refractivity contribution in [2.45, 2.75) is 0 Å². The largest absolute Gasteiger partial charge is 0.450 e. The summed E-state index contributed by atoms with van der Waals surface area (Å²) >= 11 is 11.8. The van der Waals surface area contributed by atoms with Gasteiger partial charge >= 0.3 is 5.69 Å². The minimum absolute atomic E-state index is 0.00849. The monoisotopic (exact) mass is 431 g/mol. The summed E-state index contributed by atoms with van der Waals surface area (Å²) in [7, 11) is 0. The van der Waals surface area contributed by atoms with Crippen molar-refractivity contribution in [1.82, 2.24) is 0 Å². The lowest BCUT2D eigenvalue weighted by Gasteiger charge is -2.07. The predicted molar refractivity (Wildman–Crippen MR) is 109 cm³/mol. The van der Waals surface area contributed by atoms with E-state index in [0.29, 0.717) is 10.6 Å². The molecule has 0 aliphatic carbocycles. The third kappa shape index (κ3) is 5.19. The normalized spacial score (nSPS) is 10.9. The van der Waals surface area contributed by atoms with Gasteiger partial charge in [-0.25, -0.2) is 4.39 Å². The molecule has 0 fully saturated rings. The number of carbonyl (C=O) groups is 1. The lowest BCUT2D eigenvalue weighted by atomic mass is 10.1. The van der Waals surface area contributed by atoms with Gasteiger partial charge in [-0.15, -0.1) is 0 Å². The molecule has 0 radical (unpaired) electrons. The van der Waals surface area contributed by atoms with E-state index >= 15 is 0 Å².